The first-order valence-electron chi connectivity index (χ1n) is 9.41. The third-order valence-corrected chi connectivity index (χ3v) is 4.66. The van der Waals surface area contributed by atoms with Gasteiger partial charge in [-0.2, -0.15) is 4.98 Å². The van der Waals surface area contributed by atoms with Crippen LogP contribution in [-0.2, 0) is 0 Å². The van der Waals surface area contributed by atoms with Gasteiger partial charge in [-0.05, 0) is 43.2 Å². The van der Waals surface area contributed by atoms with Crippen LogP contribution in [0, 0.1) is 0 Å². The van der Waals surface area contributed by atoms with Gasteiger partial charge in [0.05, 0.1) is 18.5 Å². The van der Waals surface area contributed by atoms with E-state index in [2.05, 4.69) is 25.3 Å². The quantitative estimate of drug-likeness (QED) is 0.458. The molecule has 162 valence electrons. The Morgan fingerprint density at radius 3 is 2.58 bits per heavy atom. The number of nitrogens with one attached hydrogen (secondary N) is 2. The molecule has 0 atom stereocenters. The van der Waals surface area contributed by atoms with Gasteiger partial charge in [0.1, 0.15) is 17.3 Å². The molecule has 1 fully saturated rings. The zero-order valence-corrected chi connectivity index (χ0v) is 17.1. The molecule has 1 heterocycles. The molecular formula is C21H18ClF3N4O2. The lowest BCUT2D eigenvalue weighted by Gasteiger charge is -2.14. The van der Waals surface area contributed by atoms with Crippen molar-refractivity contribution in [2.45, 2.75) is 25.2 Å². The Kier molecular flexibility index (Phi) is 5.77. The number of anilines is 3. The molecule has 1 aromatic heterocycles. The summed E-state index contributed by atoms with van der Waals surface area (Å²) in [6, 6.07) is 12.6. The van der Waals surface area contributed by atoms with E-state index < -0.39 is 6.36 Å². The minimum atomic E-state index is -4.78. The molecule has 1 aliphatic carbocycles. The lowest BCUT2D eigenvalue weighted by molar-refractivity contribution is -0.274. The van der Waals surface area contributed by atoms with Gasteiger partial charge in [0.2, 0.25) is 5.95 Å². The fourth-order valence-electron chi connectivity index (χ4n) is 2.90. The van der Waals surface area contributed by atoms with Crippen molar-refractivity contribution in [2.24, 2.45) is 0 Å². The molecule has 2 aromatic carbocycles. The minimum absolute atomic E-state index is 0.281. The molecule has 3 aromatic rings. The predicted octanol–water partition coefficient (Wildman–Crippen LogP) is 6.02. The first kappa shape index (κ1) is 21.0. The van der Waals surface area contributed by atoms with Crippen molar-refractivity contribution < 1.29 is 22.6 Å². The maximum atomic E-state index is 12.6. The van der Waals surface area contributed by atoms with Crippen molar-refractivity contribution in [1.82, 2.24) is 9.97 Å². The molecule has 10 heteroatoms. The Labute approximate surface area is 181 Å². The molecule has 0 bridgehead atoms. The van der Waals surface area contributed by atoms with Crippen molar-refractivity contribution in [3.05, 3.63) is 53.6 Å². The molecule has 1 aliphatic rings. The third-order valence-electron chi connectivity index (χ3n) is 4.42. The van der Waals surface area contributed by atoms with E-state index in [0.717, 1.165) is 12.8 Å². The van der Waals surface area contributed by atoms with Crippen LogP contribution in [0.2, 0.25) is 5.02 Å². The van der Waals surface area contributed by atoms with Gasteiger partial charge in [0.15, 0.2) is 0 Å². The number of ether oxygens (including phenoxy) is 2. The number of hydrogen-bond donors (Lipinski definition) is 2. The van der Waals surface area contributed by atoms with E-state index in [1.165, 1.54) is 25.3 Å². The second-order valence-corrected chi connectivity index (χ2v) is 7.36. The van der Waals surface area contributed by atoms with E-state index in [9.17, 15) is 13.2 Å². The zero-order valence-electron chi connectivity index (χ0n) is 16.3. The second-order valence-electron chi connectivity index (χ2n) is 6.93. The molecule has 0 unspecified atom stereocenters. The fraction of sp³-hybridized carbons (Fsp3) is 0.238. The predicted molar refractivity (Wildman–Crippen MR) is 112 cm³/mol. The number of alkyl halides is 3. The number of nitrogens with zero attached hydrogens (tertiary/aromatic N) is 2. The normalized spacial score (nSPS) is 13.6. The maximum Gasteiger partial charge on any atom is 0.573 e. The van der Waals surface area contributed by atoms with E-state index in [0.29, 0.717) is 39.5 Å². The highest BCUT2D eigenvalue weighted by atomic mass is 35.5. The molecule has 0 aliphatic heterocycles. The van der Waals surface area contributed by atoms with Crippen LogP contribution < -0.4 is 20.1 Å². The van der Waals surface area contributed by atoms with Crippen molar-refractivity contribution in [2.75, 3.05) is 17.7 Å². The number of halogens is 4. The van der Waals surface area contributed by atoms with Gasteiger partial charge in [-0.3, -0.25) is 0 Å². The van der Waals surface area contributed by atoms with E-state index in [1.807, 2.05) is 0 Å². The van der Waals surface area contributed by atoms with Gasteiger partial charge >= 0.3 is 6.36 Å². The number of rotatable bonds is 7. The summed E-state index contributed by atoms with van der Waals surface area (Å²) in [5.41, 5.74) is 1.46. The van der Waals surface area contributed by atoms with Gasteiger partial charge in [-0.25, -0.2) is 4.98 Å². The summed E-state index contributed by atoms with van der Waals surface area (Å²) in [6.07, 6.45) is -2.76. The monoisotopic (exact) mass is 450 g/mol. The summed E-state index contributed by atoms with van der Waals surface area (Å²) in [5.74, 6) is 1.02. The van der Waals surface area contributed by atoms with Crippen LogP contribution in [0.3, 0.4) is 0 Å². The van der Waals surface area contributed by atoms with E-state index in [4.69, 9.17) is 16.3 Å². The summed E-state index contributed by atoms with van der Waals surface area (Å²) in [5, 5.41) is 6.87. The summed E-state index contributed by atoms with van der Waals surface area (Å²) in [6.45, 7) is 0. The first-order chi connectivity index (χ1) is 14.8. The van der Waals surface area contributed by atoms with Crippen molar-refractivity contribution in [1.29, 1.82) is 0 Å². The Morgan fingerprint density at radius 2 is 1.87 bits per heavy atom. The lowest BCUT2D eigenvalue weighted by Crippen LogP contribution is -2.17. The highest BCUT2D eigenvalue weighted by Crippen LogP contribution is 2.33. The van der Waals surface area contributed by atoms with Gasteiger partial charge in [0, 0.05) is 22.7 Å². The fourth-order valence-corrected chi connectivity index (χ4v) is 3.07. The van der Waals surface area contributed by atoms with Gasteiger partial charge in [-0.15, -0.1) is 13.2 Å². The summed E-state index contributed by atoms with van der Waals surface area (Å²) < 4.78 is 47.2. The molecule has 0 saturated heterocycles. The van der Waals surface area contributed by atoms with Crippen LogP contribution in [0.1, 0.15) is 12.8 Å². The molecular weight excluding hydrogens is 433 g/mol. The highest BCUT2D eigenvalue weighted by Gasteiger charge is 2.31. The van der Waals surface area contributed by atoms with Crippen LogP contribution in [0.25, 0.3) is 11.3 Å². The number of aromatic nitrogens is 2. The molecule has 31 heavy (non-hydrogen) atoms. The average molecular weight is 451 g/mol. The molecule has 0 amide bonds. The van der Waals surface area contributed by atoms with Crippen molar-refractivity contribution >= 4 is 29.1 Å². The summed E-state index contributed by atoms with van der Waals surface area (Å²) in [4.78, 5) is 8.94. The molecule has 0 spiro atoms. The Bertz CT molecular complexity index is 1090. The maximum absolute atomic E-state index is 12.6. The van der Waals surface area contributed by atoms with Crippen molar-refractivity contribution in [3.8, 4) is 22.8 Å². The van der Waals surface area contributed by atoms with E-state index in [-0.39, 0.29) is 11.8 Å². The van der Waals surface area contributed by atoms with E-state index in [1.54, 1.807) is 30.3 Å². The third kappa shape index (κ3) is 5.69. The molecule has 6 nitrogen and oxygen atoms in total. The summed E-state index contributed by atoms with van der Waals surface area (Å²) >= 11 is 6.10. The Morgan fingerprint density at radius 1 is 1.06 bits per heavy atom. The highest BCUT2D eigenvalue weighted by molar-refractivity contribution is 6.31. The van der Waals surface area contributed by atoms with Crippen LogP contribution in [0.5, 0.6) is 11.5 Å². The molecule has 1 saturated carbocycles. The van der Waals surface area contributed by atoms with E-state index >= 15 is 0 Å². The Hall–Kier alpha value is -3.20. The number of hydrogen-bond acceptors (Lipinski definition) is 6. The zero-order chi connectivity index (χ0) is 22.0. The first-order valence-corrected chi connectivity index (χ1v) is 9.79. The lowest BCUT2D eigenvalue weighted by atomic mass is 10.1. The largest absolute Gasteiger partial charge is 0.573 e. The standard InChI is InChI=1S/C21H18ClF3N4O2/c1-30-18-8-5-13(22)10-17(18)27-19-11-16(28-20(29-19)26-14-6-7-14)12-3-2-4-15(9-12)31-21(23,24)25/h2-5,8-11,14H,6-7H2,1H3,(H2,26,27,28,29). The van der Waals surface area contributed by atoms with Crippen LogP contribution in [0.4, 0.5) is 30.6 Å². The average Bonchev–Trinajstić information content (AvgIpc) is 3.51. The minimum Gasteiger partial charge on any atom is -0.495 e. The Balaban J connectivity index is 1.70. The number of methoxy groups -OCH3 is 1. The number of benzene rings is 2. The smallest absolute Gasteiger partial charge is 0.495 e. The summed E-state index contributed by atoms with van der Waals surface area (Å²) in [7, 11) is 1.53. The van der Waals surface area contributed by atoms with Crippen LogP contribution in [0.15, 0.2) is 48.5 Å². The SMILES string of the molecule is COc1ccc(Cl)cc1Nc1cc(-c2cccc(OC(F)(F)F)c2)nc(NC2CC2)n1. The second kappa shape index (κ2) is 8.50. The molecule has 2 N–H and O–H groups in total. The van der Waals surface area contributed by atoms with Crippen LogP contribution in [-0.4, -0.2) is 29.5 Å². The van der Waals surface area contributed by atoms with Crippen molar-refractivity contribution in [3.63, 3.8) is 0 Å². The van der Waals surface area contributed by atoms with Gasteiger partial charge < -0.3 is 20.1 Å². The van der Waals surface area contributed by atoms with Gasteiger partial charge in [0.25, 0.3) is 0 Å². The topological polar surface area (TPSA) is 68.3 Å². The van der Waals surface area contributed by atoms with Gasteiger partial charge in [-0.1, -0.05) is 23.7 Å². The molecule has 0 radical (unpaired) electrons. The molecule has 4 rings (SSSR count). The van der Waals surface area contributed by atoms with Crippen LogP contribution >= 0.6 is 11.6 Å².